The van der Waals surface area contributed by atoms with E-state index in [0.29, 0.717) is 12.5 Å². The van der Waals surface area contributed by atoms with Crippen molar-refractivity contribution < 1.29 is 4.74 Å². The SMILES string of the molecule is CC[C@H]1c2c(C)cc(C)cc2OC[C@@]1(C)N. The predicted molar refractivity (Wildman–Crippen MR) is 67.0 cm³/mol. The number of fused-ring (bicyclic) bond motifs is 1. The molecule has 2 N–H and O–H groups in total. The van der Waals surface area contributed by atoms with Crippen molar-refractivity contribution in [3.63, 3.8) is 0 Å². The molecule has 1 aliphatic rings. The third-order valence-corrected chi connectivity index (χ3v) is 3.58. The summed E-state index contributed by atoms with van der Waals surface area (Å²) in [5.41, 5.74) is 9.95. The minimum Gasteiger partial charge on any atom is -0.491 e. The summed E-state index contributed by atoms with van der Waals surface area (Å²) in [6.45, 7) is 9.15. The molecule has 0 amide bonds. The lowest BCUT2D eigenvalue weighted by Crippen LogP contribution is -2.50. The van der Waals surface area contributed by atoms with E-state index in [2.05, 4.69) is 39.8 Å². The lowest BCUT2D eigenvalue weighted by molar-refractivity contribution is 0.170. The van der Waals surface area contributed by atoms with Gasteiger partial charge in [-0.1, -0.05) is 13.0 Å². The Morgan fingerprint density at radius 3 is 2.75 bits per heavy atom. The lowest BCUT2D eigenvalue weighted by Gasteiger charge is -2.40. The quantitative estimate of drug-likeness (QED) is 0.788. The van der Waals surface area contributed by atoms with Gasteiger partial charge in [-0.2, -0.15) is 0 Å². The molecule has 0 spiro atoms. The minimum atomic E-state index is -0.248. The van der Waals surface area contributed by atoms with Crippen LogP contribution < -0.4 is 10.5 Å². The molecular weight excluding hydrogens is 198 g/mol. The van der Waals surface area contributed by atoms with E-state index in [9.17, 15) is 0 Å². The molecule has 2 atom stereocenters. The number of nitrogens with two attached hydrogens (primary N) is 1. The lowest BCUT2D eigenvalue weighted by atomic mass is 9.76. The van der Waals surface area contributed by atoms with Crippen LogP contribution in [0.4, 0.5) is 0 Å². The molecular formula is C14H21NO. The van der Waals surface area contributed by atoms with Gasteiger partial charge in [-0.25, -0.2) is 0 Å². The van der Waals surface area contributed by atoms with Crippen LogP contribution in [0.2, 0.25) is 0 Å². The smallest absolute Gasteiger partial charge is 0.123 e. The van der Waals surface area contributed by atoms with Crippen molar-refractivity contribution in [3.05, 3.63) is 28.8 Å². The molecule has 16 heavy (non-hydrogen) atoms. The molecule has 88 valence electrons. The Kier molecular flexibility index (Phi) is 2.70. The molecule has 0 aromatic heterocycles. The number of hydrogen-bond donors (Lipinski definition) is 1. The van der Waals surface area contributed by atoms with Gasteiger partial charge in [0.05, 0.1) is 5.54 Å². The van der Waals surface area contributed by atoms with Crippen LogP contribution in [-0.2, 0) is 0 Å². The summed E-state index contributed by atoms with van der Waals surface area (Å²) in [7, 11) is 0. The van der Waals surface area contributed by atoms with E-state index in [1.54, 1.807) is 0 Å². The van der Waals surface area contributed by atoms with Crippen LogP contribution in [-0.4, -0.2) is 12.1 Å². The van der Waals surface area contributed by atoms with E-state index in [4.69, 9.17) is 10.5 Å². The number of ether oxygens (including phenoxy) is 1. The molecule has 0 unspecified atom stereocenters. The highest BCUT2D eigenvalue weighted by molar-refractivity contribution is 5.48. The van der Waals surface area contributed by atoms with Crippen LogP contribution in [0.15, 0.2) is 12.1 Å². The van der Waals surface area contributed by atoms with Crippen molar-refractivity contribution >= 4 is 0 Å². The molecule has 2 rings (SSSR count). The highest BCUT2D eigenvalue weighted by atomic mass is 16.5. The topological polar surface area (TPSA) is 35.2 Å². The summed E-state index contributed by atoms with van der Waals surface area (Å²) in [5.74, 6) is 1.43. The minimum absolute atomic E-state index is 0.248. The van der Waals surface area contributed by atoms with Crippen molar-refractivity contribution in [2.75, 3.05) is 6.61 Å². The highest BCUT2D eigenvalue weighted by Crippen LogP contribution is 2.42. The van der Waals surface area contributed by atoms with Crippen LogP contribution in [0.25, 0.3) is 0 Å². The fourth-order valence-electron chi connectivity index (χ4n) is 2.84. The first-order chi connectivity index (χ1) is 7.45. The summed E-state index contributed by atoms with van der Waals surface area (Å²) < 4.78 is 5.81. The fourth-order valence-corrected chi connectivity index (χ4v) is 2.84. The van der Waals surface area contributed by atoms with E-state index < -0.39 is 0 Å². The normalized spacial score (nSPS) is 28.4. The van der Waals surface area contributed by atoms with Gasteiger partial charge >= 0.3 is 0 Å². The largest absolute Gasteiger partial charge is 0.491 e. The van der Waals surface area contributed by atoms with Crippen LogP contribution in [0.5, 0.6) is 5.75 Å². The molecule has 1 aromatic carbocycles. The molecule has 2 nitrogen and oxygen atoms in total. The zero-order chi connectivity index (χ0) is 11.9. The summed E-state index contributed by atoms with van der Waals surface area (Å²) in [5, 5.41) is 0. The highest BCUT2D eigenvalue weighted by Gasteiger charge is 2.37. The Balaban J connectivity index is 2.57. The van der Waals surface area contributed by atoms with E-state index in [1.807, 2.05) is 0 Å². The predicted octanol–water partition coefficient (Wildman–Crippen LogP) is 2.91. The van der Waals surface area contributed by atoms with Gasteiger partial charge in [-0.15, -0.1) is 0 Å². The molecule has 0 bridgehead atoms. The molecule has 0 fully saturated rings. The van der Waals surface area contributed by atoms with Gasteiger partial charge in [-0.05, 0) is 44.4 Å². The van der Waals surface area contributed by atoms with Gasteiger partial charge in [0.2, 0.25) is 0 Å². The molecule has 1 heterocycles. The Hall–Kier alpha value is -1.02. The summed E-state index contributed by atoms with van der Waals surface area (Å²) in [6.07, 6.45) is 1.06. The van der Waals surface area contributed by atoms with Gasteiger partial charge < -0.3 is 10.5 Å². The molecule has 0 saturated heterocycles. The number of aryl methyl sites for hydroxylation is 2. The Morgan fingerprint density at radius 2 is 2.12 bits per heavy atom. The molecule has 1 aromatic rings. The van der Waals surface area contributed by atoms with Crippen molar-refractivity contribution in [3.8, 4) is 5.75 Å². The summed E-state index contributed by atoms with van der Waals surface area (Å²) in [6, 6.07) is 4.34. The zero-order valence-corrected chi connectivity index (χ0v) is 10.6. The van der Waals surface area contributed by atoms with E-state index in [-0.39, 0.29) is 5.54 Å². The van der Waals surface area contributed by atoms with Gasteiger partial charge in [-0.3, -0.25) is 0 Å². The van der Waals surface area contributed by atoms with E-state index >= 15 is 0 Å². The van der Waals surface area contributed by atoms with Gasteiger partial charge in [0.1, 0.15) is 12.4 Å². The van der Waals surface area contributed by atoms with Crippen LogP contribution >= 0.6 is 0 Å². The van der Waals surface area contributed by atoms with Gasteiger partial charge in [0.25, 0.3) is 0 Å². The second kappa shape index (κ2) is 3.77. The monoisotopic (exact) mass is 219 g/mol. The first kappa shape index (κ1) is 11.5. The van der Waals surface area contributed by atoms with Gasteiger partial charge in [0.15, 0.2) is 0 Å². The fraction of sp³-hybridized carbons (Fsp3) is 0.571. The second-order valence-corrected chi connectivity index (χ2v) is 5.25. The Morgan fingerprint density at radius 1 is 1.44 bits per heavy atom. The molecule has 0 saturated carbocycles. The Labute approximate surface area is 97.8 Å². The van der Waals surface area contributed by atoms with E-state index in [1.165, 1.54) is 16.7 Å². The van der Waals surface area contributed by atoms with Crippen molar-refractivity contribution in [1.29, 1.82) is 0 Å². The van der Waals surface area contributed by atoms with Crippen LogP contribution in [0.1, 0.15) is 42.9 Å². The molecule has 1 aliphatic heterocycles. The Bertz CT molecular complexity index is 409. The van der Waals surface area contributed by atoms with Crippen molar-refractivity contribution in [2.45, 2.75) is 45.6 Å². The average molecular weight is 219 g/mol. The third-order valence-electron chi connectivity index (χ3n) is 3.58. The maximum atomic E-state index is 6.33. The average Bonchev–Trinajstić information content (AvgIpc) is 2.18. The number of benzene rings is 1. The molecule has 0 aliphatic carbocycles. The van der Waals surface area contributed by atoms with Crippen LogP contribution in [0.3, 0.4) is 0 Å². The standard InChI is InChI=1S/C14H21NO/c1-5-11-13-10(3)6-9(2)7-12(13)16-8-14(11,4)15/h6-7,11H,5,8,15H2,1-4H3/t11-,14+/m0/s1. The van der Waals surface area contributed by atoms with Gasteiger partial charge in [0, 0.05) is 11.5 Å². The first-order valence-electron chi connectivity index (χ1n) is 5.98. The first-order valence-corrected chi connectivity index (χ1v) is 5.98. The summed E-state index contributed by atoms with van der Waals surface area (Å²) in [4.78, 5) is 0. The summed E-state index contributed by atoms with van der Waals surface area (Å²) >= 11 is 0. The molecule has 2 heteroatoms. The molecule has 0 radical (unpaired) electrons. The van der Waals surface area contributed by atoms with E-state index in [0.717, 1.165) is 12.2 Å². The second-order valence-electron chi connectivity index (χ2n) is 5.25. The zero-order valence-electron chi connectivity index (χ0n) is 10.6. The van der Waals surface area contributed by atoms with Crippen molar-refractivity contribution in [1.82, 2.24) is 0 Å². The third kappa shape index (κ3) is 1.71. The van der Waals surface area contributed by atoms with Crippen molar-refractivity contribution in [2.24, 2.45) is 5.73 Å². The maximum Gasteiger partial charge on any atom is 0.123 e. The number of rotatable bonds is 1. The maximum absolute atomic E-state index is 6.33. The van der Waals surface area contributed by atoms with Crippen LogP contribution in [0, 0.1) is 13.8 Å². The number of hydrogen-bond acceptors (Lipinski definition) is 2.